The first kappa shape index (κ1) is 20.2. The summed E-state index contributed by atoms with van der Waals surface area (Å²) in [4.78, 5) is 2.61. The van der Waals surface area contributed by atoms with E-state index in [0.29, 0.717) is 6.04 Å². The Morgan fingerprint density at radius 3 is 2.25 bits per heavy atom. The van der Waals surface area contributed by atoms with Crippen molar-refractivity contribution in [1.29, 1.82) is 0 Å². The third kappa shape index (κ3) is 5.19. The van der Waals surface area contributed by atoms with Gasteiger partial charge >= 0.3 is 0 Å². The quantitative estimate of drug-likeness (QED) is 0.819. The first-order valence-electron chi connectivity index (χ1n) is 6.69. The molecule has 20 heavy (non-hydrogen) atoms. The summed E-state index contributed by atoms with van der Waals surface area (Å²) in [5.41, 5.74) is 1.66. The van der Waals surface area contributed by atoms with Crippen LogP contribution in [0.15, 0.2) is 28.7 Å². The molecule has 1 aromatic rings. The van der Waals surface area contributed by atoms with E-state index in [4.69, 9.17) is 0 Å². The van der Waals surface area contributed by atoms with E-state index in [0.717, 1.165) is 26.2 Å². The van der Waals surface area contributed by atoms with Gasteiger partial charge in [-0.2, -0.15) is 0 Å². The molecule has 0 amide bonds. The molecule has 0 aliphatic carbocycles. The van der Waals surface area contributed by atoms with Gasteiger partial charge in [0.1, 0.15) is 0 Å². The van der Waals surface area contributed by atoms with Gasteiger partial charge < -0.3 is 5.32 Å². The van der Waals surface area contributed by atoms with Crippen molar-refractivity contribution in [2.75, 3.05) is 26.2 Å². The van der Waals surface area contributed by atoms with Crippen LogP contribution >= 0.6 is 40.7 Å². The molecule has 0 saturated carbocycles. The van der Waals surface area contributed by atoms with Crippen molar-refractivity contribution in [2.24, 2.45) is 5.41 Å². The molecular formula is C15H25BrCl2N2. The van der Waals surface area contributed by atoms with Crippen LogP contribution in [0, 0.1) is 5.41 Å². The van der Waals surface area contributed by atoms with Gasteiger partial charge in [-0.05, 0) is 23.1 Å². The van der Waals surface area contributed by atoms with E-state index >= 15 is 0 Å². The highest BCUT2D eigenvalue weighted by Crippen LogP contribution is 2.38. The summed E-state index contributed by atoms with van der Waals surface area (Å²) < 4.78 is 1.17. The van der Waals surface area contributed by atoms with E-state index in [1.165, 1.54) is 10.0 Å². The number of hydrogen-bond donors (Lipinski definition) is 1. The Balaban J connectivity index is 0.00000180. The zero-order chi connectivity index (χ0) is 13.2. The number of piperazine rings is 1. The van der Waals surface area contributed by atoms with Crippen molar-refractivity contribution in [3.8, 4) is 0 Å². The molecule has 5 heteroatoms. The lowest BCUT2D eigenvalue weighted by Gasteiger charge is -2.42. The smallest absolute Gasteiger partial charge is 0.0397 e. The minimum Gasteiger partial charge on any atom is -0.314 e. The number of hydrogen-bond acceptors (Lipinski definition) is 2. The molecule has 0 unspecified atom stereocenters. The molecule has 1 saturated heterocycles. The second kappa shape index (κ2) is 8.60. The molecule has 0 spiro atoms. The summed E-state index contributed by atoms with van der Waals surface area (Å²) in [6, 6.07) is 9.24. The second-order valence-corrected chi connectivity index (χ2v) is 7.03. The van der Waals surface area contributed by atoms with Crippen LogP contribution < -0.4 is 5.32 Å². The summed E-state index contributed by atoms with van der Waals surface area (Å²) in [6.45, 7) is 11.5. The van der Waals surface area contributed by atoms with Crippen molar-refractivity contribution in [2.45, 2.75) is 26.8 Å². The van der Waals surface area contributed by atoms with Crippen LogP contribution in [-0.4, -0.2) is 31.1 Å². The van der Waals surface area contributed by atoms with E-state index in [1.807, 2.05) is 0 Å². The van der Waals surface area contributed by atoms with Gasteiger partial charge in [-0.1, -0.05) is 48.8 Å². The molecule has 0 radical (unpaired) electrons. The molecule has 1 heterocycles. The highest BCUT2D eigenvalue weighted by molar-refractivity contribution is 9.10. The van der Waals surface area contributed by atoms with Crippen LogP contribution in [0.1, 0.15) is 32.4 Å². The van der Waals surface area contributed by atoms with E-state index in [2.05, 4.69) is 71.2 Å². The average Bonchev–Trinajstić information content (AvgIpc) is 2.28. The van der Waals surface area contributed by atoms with E-state index in [1.54, 1.807) is 0 Å². The van der Waals surface area contributed by atoms with E-state index in [-0.39, 0.29) is 30.2 Å². The van der Waals surface area contributed by atoms with Gasteiger partial charge in [0.25, 0.3) is 0 Å². The molecule has 1 aromatic carbocycles. The first-order valence-corrected chi connectivity index (χ1v) is 7.48. The molecule has 1 fully saturated rings. The molecular weight excluding hydrogens is 359 g/mol. The maximum absolute atomic E-state index is 3.59. The Labute approximate surface area is 143 Å². The van der Waals surface area contributed by atoms with Crippen LogP contribution in [0.2, 0.25) is 0 Å². The number of rotatable bonds is 2. The number of nitrogens with one attached hydrogen (secondary N) is 1. The Morgan fingerprint density at radius 1 is 1.15 bits per heavy atom. The maximum Gasteiger partial charge on any atom is 0.0397 e. The molecule has 0 aromatic heterocycles. The van der Waals surface area contributed by atoms with Crippen molar-refractivity contribution >= 4 is 40.7 Å². The standard InChI is InChI=1S/C15H23BrN2.2ClH/c1-15(2,3)14(18-9-7-17-8-10-18)12-5-4-6-13(16)11-12;;/h4-6,11,14,17H,7-10H2,1-3H3;2*1H/t14-;;/m1../s1. The molecule has 0 bridgehead atoms. The molecule has 2 nitrogen and oxygen atoms in total. The molecule has 2 rings (SSSR count). The Kier molecular flexibility index (Phi) is 8.68. The lowest BCUT2D eigenvalue weighted by molar-refractivity contribution is 0.0862. The zero-order valence-corrected chi connectivity index (χ0v) is 15.6. The summed E-state index contributed by atoms with van der Waals surface area (Å²) >= 11 is 3.59. The molecule has 1 aliphatic heterocycles. The molecule has 1 aliphatic rings. The summed E-state index contributed by atoms with van der Waals surface area (Å²) in [5, 5.41) is 3.43. The van der Waals surface area contributed by atoms with Crippen molar-refractivity contribution in [3.63, 3.8) is 0 Å². The normalized spacial score (nSPS) is 17.8. The SMILES string of the molecule is CC(C)(C)[C@@H](c1cccc(Br)c1)N1CCNCC1.Cl.Cl. The Bertz CT molecular complexity index is 401. The second-order valence-electron chi connectivity index (χ2n) is 6.11. The maximum atomic E-state index is 3.59. The summed E-state index contributed by atoms with van der Waals surface area (Å²) in [6.07, 6.45) is 0. The van der Waals surface area contributed by atoms with Gasteiger partial charge in [0.15, 0.2) is 0 Å². The van der Waals surface area contributed by atoms with Crippen molar-refractivity contribution < 1.29 is 0 Å². The minimum absolute atomic E-state index is 0. The third-order valence-corrected chi connectivity index (χ3v) is 3.99. The Morgan fingerprint density at radius 2 is 1.75 bits per heavy atom. The lowest BCUT2D eigenvalue weighted by Crippen LogP contribution is -2.48. The van der Waals surface area contributed by atoms with E-state index in [9.17, 15) is 0 Å². The summed E-state index contributed by atoms with van der Waals surface area (Å²) in [5.74, 6) is 0. The number of benzene rings is 1. The largest absolute Gasteiger partial charge is 0.314 e. The predicted octanol–water partition coefficient (Wildman–Crippen LogP) is 4.29. The monoisotopic (exact) mass is 382 g/mol. The predicted molar refractivity (Wildman–Crippen MR) is 95.3 cm³/mol. The highest BCUT2D eigenvalue weighted by atomic mass is 79.9. The average molecular weight is 384 g/mol. The van der Waals surface area contributed by atoms with Crippen LogP contribution in [0.25, 0.3) is 0 Å². The van der Waals surface area contributed by atoms with Crippen LogP contribution in [0.3, 0.4) is 0 Å². The van der Waals surface area contributed by atoms with Gasteiger partial charge in [-0.3, -0.25) is 4.90 Å². The number of nitrogens with zero attached hydrogens (tertiary/aromatic N) is 1. The van der Waals surface area contributed by atoms with Gasteiger partial charge in [0.05, 0.1) is 0 Å². The minimum atomic E-state index is 0. The highest BCUT2D eigenvalue weighted by Gasteiger charge is 2.32. The fourth-order valence-corrected chi connectivity index (χ4v) is 3.29. The fraction of sp³-hybridized carbons (Fsp3) is 0.600. The van der Waals surface area contributed by atoms with Gasteiger partial charge in [0.2, 0.25) is 0 Å². The molecule has 1 atom stereocenters. The zero-order valence-electron chi connectivity index (χ0n) is 12.4. The van der Waals surface area contributed by atoms with Gasteiger partial charge in [-0.25, -0.2) is 0 Å². The van der Waals surface area contributed by atoms with Crippen molar-refractivity contribution in [3.05, 3.63) is 34.3 Å². The topological polar surface area (TPSA) is 15.3 Å². The lowest BCUT2D eigenvalue weighted by atomic mass is 9.81. The fourth-order valence-electron chi connectivity index (χ4n) is 2.88. The van der Waals surface area contributed by atoms with Crippen LogP contribution in [-0.2, 0) is 0 Å². The Hall–Kier alpha value is 0.200. The van der Waals surface area contributed by atoms with E-state index < -0.39 is 0 Å². The first-order chi connectivity index (χ1) is 8.48. The summed E-state index contributed by atoms with van der Waals surface area (Å²) in [7, 11) is 0. The third-order valence-electron chi connectivity index (χ3n) is 3.50. The van der Waals surface area contributed by atoms with Crippen molar-refractivity contribution in [1.82, 2.24) is 10.2 Å². The van der Waals surface area contributed by atoms with Gasteiger partial charge in [0, 0.05) is 36.7 Å². The number of halogens is 3. The van der Waals surface area contributed by atoms with Crippen LogP contribution in [0.4, 0.5) is 0 Å². The van der Waals surface area contributed by atoms with Gasteiger partial charge in [-0.15, -0.1) is 24.8 Å². The molecule has 116 valence electrons. The molecule has 1 N–H and O–H groups in total. The van der Waals surface area contributed by atoms with Crippen LogP contribution in [0.5, 0.6) is 0 Å².